The van der Waals surface area contributed by atoms with Gasteiger partial charge >= 0.3 is 0 Å². The van der Waals surface area contributed by atoms with Crippen LogP contribution in [0.25, 0.3) is 0 Å². The number of ketones is 2. The highest BCUT2D eigenvalue weighted by molar-refractivity contribution is 6.10. The first-order chi connectivity index (χ1) is 17.7. The zero-order chi connectivity index (χ0) is 26.7. The summed E-state index contributed by atoms with van der Waals surface area (Å²) in [6, 6.07) is 23.7. The molecule has 0 heterocycles. The molecule has 0 amide bonds. The number of nitrogens with zero attached hydrogens (tertiary/aromatic N) is 3. The summed E-state index contributed by atoms with van der Waals surface area (Å²) in [4.78, 5) is 37.8. The minimum absolute atomic E-state index is 0.166. The number of rotatable bonds is 7. The molecule has 0 radical (unpaired) electrons. The third-order valence-corrected chi connectivity index (χ3v) is 6.87. The maximum absolute atomic E-state index is 13.7. The molecule has 0 N–H and O–H groups in total. The van der Waals surface area contributed by atoms with Gasteiger partial charge in [0.1, 0.15) is 0 Å². The van der Waals surface area contributed by atoms with Crippen molar-refractivity contribution in [3.63, 3.8) is 0 Å². The highest BCUT2D eigenvalue weighted by Gasteiger charge is 2.55. The Balaban J connectivity index is 1.85. The van der Waals surface area contributed by atoms with Crippen LogP contribution in [0.2, 0.25) is 0 Å². The summed E-state index contributed by atoms with van der Waals surface area (Å²) < 4.78 is 0. The SMILES string of the molecule is Cc1ccc(C(=O)C[C@H]2C=C(C(=O)c3ccc(C)cc3)[C@H](c3cccc([N+](=O)[O-])c3)C2(C#N)C#N)cc1. The topological polar surface area (TPSA) is 125 Å². The Hall–Kier alpha value is -4.88. The molecule has 1 aliphatic carbocycles. The molecule has 0 saturated heterocycles. The molecule has 0 spiro atoms. The Labute approximate surface area is 214 Å². The van der Waals surface area contributed by atoms with Gasteiger partial charge in [0.15, 0.2) is 17.0 Å². The summed E-state index contributed by atoms with van der Waals surface area (Å²) in [5.74, 6) is -2.63. The minimum Gasteiger partial charge on any atom is -0.294 e. The van der Waals surface area contributed by atoms with Crippen molar-refractivity contribution in [3.05, 3.63) is 122 Å². The molecule has 1 aliphatic rings. The van der Waals surface area contributed by atoms with Gasteiger partial charge in [0.25, 0.3) is 5.69 Å². The number of carbonyl (C=O) groups excluding carboxylic acids is 2. The van der Waals surface area contributed by atoms with E-state index in [1.54, 1.807) is 60.7 Å². The van der Waals surface area contributed by atoms with Gasteiger partial charge in [-0.05, 0) is 19.4 Å². The van der Waals surface area contributed by atoms with Crippen LogP contribution in [0.15, 0.2) is 84.4 Å². The van der Waals surface area contributed by atoms with Crippen LogP contribution in [0.5, 0.6) is 0 Å². The molecule has 3 aromatic rings. The second-order valence-electron chi connectivity index (χ2n) is 9.29. The summed E-state index contributed by atoms with van der Waals surface area (Å²) >= 11 is 0. The van der Waals surface area contributed by atoms with Gasteiger partial charge in [0.05, 0.1) is 17.1 Å². The Morgan fingerprint density at radius 2 is 1.49 bits per heavy atom. The van der Waals surface area contributed by atoms with Gasteiger partial charge in [-0.25, -0.2) is 0 Å². The highest BCUT2D eigenvalue weighted by Crippen LogP contribution is 2.54. The van der Waals surface area contributed by atoms with Gasteiger partial charge < -0.3 is 0 Å². The lowest BCUT2D eigenvalue weighted by Gasteiger charge is -2.29. The molecule has 2 atom stereocenters. The van der Waals surface area contributed by atoms with Gasteiger partial charge in [0, 0.05) is 47.1 Å². The van der Waals surface area contributed by atoms with E-state index in [0.29, 0.717) is 16.7 Å². The van der Waals surface area contributed by atoms with Crippen molar-refractivity contribution in [1.82, 2.24) is 0 Å². The molecule has 0 fully saturated rings. The molecule has 3 aromatic carbocycles. The van der Waals surface area contributed by atoms with E-state index in [2.05, 4.69) is 12.1 Å². The average molecular weight is 490 g/mol. The fourth-order valence-corrected chi connectivity index (χ4v) is 4.84. The molecule has 7 nitrogen and oxygen atoms in total. The number of nitriles is 2. The lowest BCUT2D eigenvalue weighted by Crippen LogP contribution is -2.32. The summed E-state index contributed by atoms with van der Waals surface area (Å²) in [5, 5.41) is 32.2. The summed E-state index contributed by atoms with van der Waals surface area (Å²) in [6.45, 7) is 3.79. The van der Waals surface area contributed by atoms with E-state index < -0.39 is 28.0 Å². The summed E-state index contributed by atoms with van der Waals surface area (Å²) in [5.41, 5.74) is 1.18. The molecule has 0 bridgehead atoms. The zero-order valence-corrected chi connectivity index (χ0v) is 20.3. The van der Waals surface area contributed by atoms with Crippen LogP contribution in [0.4, 0.5) is 5.69 Å². The van der Waals surface area contributed by atoms with Crippen molar-refractivity contribution >= 4 is 17.3 Å². The monoisotopic (exact) mass is 489 g/mol. The molecule has 182 valence electrons. The third-order valence-electron chi connectivity index (χ3n) is 6.87. The van der Waals surface area contributed by atoms with E-state index in [9.17, 15) is 30.2 Å². The van der Waals surface area contributed by atoms with Gasteiger partial charge in [-0.3, -0.25) is 19.7 Å². The Kier molecular flexibility index (Phi) is 6.82. The van der Waals surface area contributed by atoms with Crippen LogP contribution in [-0.2, 0) is 0 Å². The normalized spacial score (nSPS) is 17.8. The predicted octanol–water partition coefficient (Wildman–Crippen LogP) is 6.04. The van der Waals surface area contributed by atoms with E-state index in [1.807, 2.05) is 13.8 Å². The van der Waals surface area contributed by atoms with Crippen molar-refractivity contribution < 1.29 is 14.5 Å². The minimum atomic E-state index is -1.81. The first-order valence-electron chi connectivity index (χ1n) is 11.7. The molecule has 0 aliphatic heterocycles. The van der Waals surface area contributed by atoms with Crippen LogP contribution in [-0.4, -0.2) is 16.5 Å². The van der Waals surface area contributed by atoms with Crippen molar-refractivity contribution in [2.75, 3.05) is 0 Å². The average Bonchev–Trinajstić information content (AvgIpc) is 3.23. The Bertz CT molecular complexity index is 1490. The number of nitro benzene ring substituents is 1. The predicted molar refractivity (Wildman–Crippen MR) is 137 cm³/mol. The van der Waals surface area contributed by atoms with Crippen LogP contribution >= 0.6 is 0 Å². The molecule has 0 saturated carbocycles. The highest BCUT2D eigenvalue weighted by atomic mass is 16.6. The van der Waals surface area contributed by atoms with Crippen molar-refractivity contribution in [3.8, 4) is 12.1 Å². The third kappa shape index (κ3) is 4.68. The molecule has 7 heteroatoms. The lowest BCUT2D eigenvalue weighted by molar-refractivity contribution is -0.384. The molecule has 4 rings (SSSR count). The molecular weight excluding hydrogens is 466 g/mol. The Morgan fingerprint density at radius 1 is 0.919 bits per heavy atom. The van der Waals surface area contributed by atoms with Crippen LogP contribution < -0.4 is 0 Å². The number of hydrogen-bond acceptors (Lipinski definition) is 6. The van der Waals surface area contributed by atoms with Gasteiger partial charge in [-0.1, -0.05) is 77.9 Å². The van der Waals surface area contributed by atoms with Gasteiger partial charge in [-0.15, -0.1) is 0 Å². The fourth-order valence-electron chi connectivity index (χ4n) is 4.84. The van der Waals surface area contributed by atoms with Gasteiger partial charge in [0.2, 0.25) is 0 Å². The maximum Gasteiger partial charge on any atom is 0.269 e. The summed E-state index contributed by atoms with van der Waals surface area (Å²) in [7, 11) is 0. The van der Waals surface area contributed by atoms with Crippen LogP contribution in [0.1, 0.15) is 49.7 Å². The molecular formula is C30H23N3O4. The Morgan fingerprint density at radius 3 is 2.03 bits per heavy atom. The van der Waals surface area contributed by atoms with E-state index in [0.717, 1.165) is 11.1 Å². The van der Waals surface area contributed by atoms with Crippen molar-refractivity contribution in [1.29, 1.82) is 10.5 Å². The lowest BCUT2D eigenvalue weighted by atomic mass is 9.67. The molecule has 37 heavy (non-hydrogen) atoms. The molecule has 0 unspecified atom stereocenters. The van der Waals surface area contributed by atoms with Crippen LogP contribution in [0.3, 0.4) is 0 Å². The van der Waals surface area contributed by atoms with E-state index in [1.165, 1.54) is 18.2 Å². The number of Topliss-reactive ketones (excluding diaryl/α,β-unsaturated/α-hetero) is 2. The first-order valence-corrected chi connectivity index (χ1v) is 11.7. The second kappa shape index (κ2) is 10.0. The fraction of sp³-hybridized carbons (Fsp3) is 0.200. The second-order valence-corrected chi connectivity index (χ2v) is 9.29. The number of allylic oxidation sites excluding steroid dienone is 2. The largest absolute Gasteiger partial charge is 0.294 e. The number of benzene rings is 3. The zero-order valence-electron chi connectivity index (χ0n) is 20.3. The van der Waals surface area contributed by atoms with Crippen molar-refractivity contribution in [2.45, 2.75) is 26.2 Å². The molecule has 0 aromatic heterocycles. The smallest absolute Gasteiger partial charge is 0.269 e. The van der Waals surface area contributed by atoms with Crippen molar-refractivity contribution in [2.24, 2.45) is 11.3 Å². The summed E-state index contributed by atoms with van der Waals surface area (Å²) in [6.07, 6.45) is 1.38. The van der Waals surface area contributed by atoms with Gasteiger partial charge in [-0.2, -0.15) is 10.5 Å². The van der Waals surface area contributed by atoms with Crippen LogP contribution in [0, 0.1) is 58.0 Å². The number of nitro groups is 1. The number of non-ortho nitro benzene ring substituents is 1. The standard InChI is InChI=1S/C30H23N3O4/c1-19-6-10-21(11-7-19)27(34)16-24-15-26(29(35)22-12-8-20(2)9-13-22)28(30(24,17-31)18-32)23-4-3-5-25(14-23)33(36)37/h3-15,24,28H,16H2,1-2H3/t24-,28+/m1/s1. The number of hydrogen-bond donors (Lipinski definition) is 0. The van der Waals surface area contributed by atoms with E-state index in [4.69, 9.17) is 0 Å². The van der Waals surface area contributed by atoms with E-state index >= 15 is 0 Å². The quantitative estimate of drug-likeness (QED) is 0.226. The first kappa shape index (κ1) is 25.2. The maximum atomic E-state index is 13.7. The number of aryl methyl sites for hydroxylation is 2. The van der Waals surface area contributed by atoms with E-state index in [-0.39, 0.29) is 23.5 Å². The number of carbonyl (C=O) groups is 2.